The molecule has 1 heterocycles. The fraction of sp³-hybridized carbons (Fsp3) is 0.562. The van der Waals surface area contributed by atoms with Crippen LogP contribution in [0.4, 0.5) is 5.69 Å². The second kappa shape index (κ2) is 6.91. The van der Waals surface area contributed by atoms with Gasteiger partial charge < -0.3 is 20.7 Å². The van der Waals surface area contributed by atoms with Crippen LogP contribution in [0, 0.1) is 6.92 Å². The standard InChI is InChI=1S/C16H25N3O2/c1-11(2)18-16(20)15-10-21-7-6-19(15)14-5-4-13(9-17)8-12(14)3/h4-5,8,11,15H,6-7,9-10,17H2,1-3H3,(H,18,20). The first-order chi connectivity index (χ1) is 10.0. The predicted octanol–water partition coefficient (Wildman–Crippen LogP) is 1.18. The maximum absolute atomic E-state index is 12.4. The lowest BCUT2D eigenvalue weighted by atomic mass is 10.1. The number of carbonyl (C=O) groups excluding carboxylic acids is 1. The Kier molecular flexibility index (Phi) is 5.20. The number of rotatable bonds is 4. The Morgan fingerprint density at radius 3 is 2.90 bits per heavy atom. The second-order valence-electron chi connectivity index (χ2n) is 5.77. The topological polar surface area (TPSA) is 67.6 Å². The highest BCUT2D eigenvalue weighted by atomic mass is 16.5. The van der Waals surface area contributed by atoms with Crippen LogP contribution in [0.3, 0.4) is 0 Å². The minimum Gasteiger partial charge on any atom is -0.377 e. The highest BCUT2D eigenvalue weighted by molar-refractivity contribution is 5.86. The van der Waals surface area contributed by atoms with E-state index in [1.165, 1.54) is 0 Å². The van der Waals surface area contributed by atoms with Gasteiger partial charge in [0.1, 0.15) is 6.04 Å². The SMILES string of the molecule is Cc1cc(CN)ccc1N1CCOCC1C(=O)NC(C)C. The Labute approximate surface area is 126 Å². The van der Waals surface area contributed by atoms with E-state index in [0.717, 1.165) is 23.4 Å². The number of aryl methyl sites for hydroxylation is 1. The summed E-state index contributed by atoms with van der Waals surface area (Å²) in [5.74, 6) is 0.0204. The van der Waals surface area contributed by atoms with Gasteiger partial charge in [-0.15, -0.1) is 0 Å². The number of hydrogen-bond donors (Lipinski definition) is 2. The van der Waals surface area contributed by atoms with Gasteiger partial charge in [-0.1, -0.05) is 12.1 Å². The van der Waals surface area contributed by atoms with Gasteiger partial charge in [0, 0.05) is 24.8 Å². The minimum absolute atomic E-state index is 0.0204. The average Bonchev–Trinajstić information content (AvgIpc) is 2.46. The molecule has 3 N–H and O–H groups in total. The van der Waals surface area contributed by atoms with Crippen LogP contribution in [0.5, 0.6) is 0 Å². The van der Waals surface area contributed by atoms with Crippen LogP contribution < -0.4 is 16.0 Å². The Morgan fingerprint density at radius 2 is 2.29 bits per heavy atom. The number of anilines is 1. The lowest BCUT2D eigenvalue weighted by molar-refractivity contribution is -0.125. The van der Waals surface area contributed by atoms with Crippen molar-refractivity contribution in [1.29, 1.82) is 0 Å². The van der Waals surface area contributed by atoms with E-state index in [1.807, 2.05) is 19.9 Å². The van der Waals surface area contributed by atoms with Crippen LogP contribution in [-0.4, -0.2) is 37.7 Å². The van der Waals surface area contributed by atoms with Crippen molar-refractivity contribution in [3.63, 3.8) is 0 Å². The fourth-order valence-corrected chi connectivity index (χ4v) is 2.66. The molecule has 5 nitrogen and oxygen atoms in total. The molecule has 1 atom stereocenters. The minimum atomic E-state index is -0.274. The van der Waals surface area contributed by atoms with E-state index < -0.39 is 0 Å². The van der Waals surface area contributed by atoms with Gasteiger partial charge in [0.05, 0.1) is 13.2 Å². The molecule has 1 saturated heterocycles. The van der Waals surface area contributed by atoms with Crippen LogP contribution in [-0.2, 0) is 16.1 Å². The molecule has 2 rings (SSSR count). The van der Waals surface area contributed by atoms with Crippen molar-refractivity contribution in [3.05, 3.63) is 29.3 Å². The number of amides is 1. The number of nitrogens with zero attached hydrogens (tertiary/aromatic N) is 1. The third kappa shape index (κ3) is 3.74. The second-order valence-corrected chi connectivity index (χ2v) is 5.77. The van der Waals surface area contributed by atoms with Gasteiger partial charge in [-0.3, -0.25) is 4.79 Å². The zero-order valence-corrected chi connectivity index (χ0v) is 13.1. The number of morpholine rings is 1. The van der Waals surface area contributed by atoms with E-state index in [-0.39, 0.29) is 18.0 Å². The molecule has 1 aromatic rings. The number of ether oxygens (including phenoxy) is 1. The van der Waals surface area contributed by atoms with Gasteiger partial charge in [-0.25, -0.2) is 0 Å². The molecule has 21 heavy (non-hydrogen) atoms. The average molecular weight is 291 g/mol. The van der Waals surface area contributed by atoms with E-state index >= 15 is 0 Å². The maximum Gasteiger partial charge on any atom is 0.245 e. The van der Waals surface area contributed by atoms with Crippen molar-refractivity contribution in [1.82, 2.24) is 5.32 Å². The zero-order valence-electron chi connectivity index (χ0n) is 13.1. The van der Waals surface area contributed by atoms with Crippen LogP contribution in [0.15, 0.2) is 18.2 Å². The molecule has 1 fully saturated rings. The van der Waals surface area contributed by atoms with Crippen molar-refractivity contribution in [2.45, 2.75) is 39.4 Å². The van der Waals surface area contributed by atoms with E-state index in [2.05, 4.69) is 29.3 Å². The van der Waals surface area contributed by atoms with Gasteiger partial charge in [0.15, 0.2) is 0 Å². The Bertz CT molecular complexity index is 502. The van der Waals surface area contributed by atoms with E-state index in [4.69, 9.17) is 10.5 Å². The van der Waals surface area contributed by atoms with Crippen molar-refractivity contribution in [2.24, 2.45) is 5.73 Å². The molecule has 1 amide bonds. The number of nitrogens with one attached hydrogen (secondary N) is 1. The number of nitrogens with two attached hydrogens (primary N) is 1. The van der Waals surface area contributed by atoms with Crippen molar-refractivity contribution in [3.8, 4) is 0 Å². The summed E-state index contributed by atoms with van der Waals surface area (Å²) in [5.41, 5.74) is 9.01. The van der Waals surface area contributed by atoms with Gasteiger partial charge in [-0.05, 0) is 38.0 Å². The quantitative estimate of drug-likeness (QED) is 0.874. The third-order valence-electron chi connectivity index (χ3n) is 3.67. The number of carbonyl (C=O) groups is 1. The summed E-state index contributed by atoms with van der Waals surface area (Å²) in [5, 5.41) is 2.97. The Morgan fingerprint density at radius 1 is 1.52 bits per heavy atom. The van der Waals surface area contributed by atoms with Crippen LogP contribution in [0.2, 0.25) is 0 Å². The van der Waals surface area contributed by atoms with E-state index in [9.17, 15) is 4.79 Å². The van der Waals surface area contributed by atoms with Crippen molar-refractivity contribution in [2.75, 3.05) is 24.7 Å². The molecule has 1 aromatic carbocycles. The molecule has 116 valence electrons. The lowest BCUT2D eigenvalue weighted by Gasteiger charge is -2.37. The van der Waals surface area contributed by atoms with Crippen molar-refractivity contribution < 1.29 is 9.53 Å². The molecule has 0 aliphatic carbocycles. The van der Waals surface area contributed by atoms with E-state index in [1.54, 1.807) is 0 Å². The molecular formula is C16H25N3O2. The first-order valence-corrected chi connectivity index (χ1v) is 7.47. The van der Waals surface area contributed by atoms with Crippen LogP contribution in [0.25, 0.3) is 0 Å². The van der Waals surface area contributed by atoms with Gasteiger partial charge in [0.25, 0.3) is 0 Å². The highest BCUT2D eigenvalue weighted by Gasteiger charge is 2.30. The molecule has 5 heteroatoms. The van der Waals surface area contributed by atoms with Gasteiger partial charge in [-0.2, -0.15) is 0 Å². The predicted molar refractivity (Wildman–Crippen MR) is 84.3 cm³/mol. The maximum atomic E-state index is 12.4. The van der Waals surface area contributed by atoms with Crippen molar-refractivity contribution >= 4 is 11.6 Å². The molecule has 1 aliphatic heterocycles. The largest absolute Gasteiger partial charge is 0.377 e. The summed E-state index contributed by atoms with van der Waals surface area (Å²) < 4.78 is 5.50. The first kappa shape index (κ1) is 15.8. The molecule has 1 unspecified atom stereocenters. The fourth-order valence-electron chi connectivity index (χ4n) is 2.66. The number of hydrogen-bond acceptors (Lipinski definition) is 4. The summed E-state index contributed by atoms with van der Waals surface area (Å²) in [6, 6.07) is 6.01. The molecule has 0 bridgehead atoms. The molecule has 1 aliphatic rings. The lowest BCUT2D eigenvalue weighted by Crippen LogP contribution is -2.55. The molecular weight excluding hydrogens is 266 g/mol. The molecule has 0 spiro atoms. The summed E-state index contributed by atoms with van der Waals surface area (Å²) in [6.45, 7) is 8.31. The first-order valence-electron chi connectivity index (χ1n) is 7.47. The summed E-state index contributed by atoms with van der Waals surface area (Å²) in [4.78, 5) is 14.5. The normalized spacial score (nSPS) is 18.9. The molecule has 0 radical (unpaired) electrons. The van der Waals surface area contributed by atoms with E-state index in [0.29, 0.717) is 19.8 Å². The molecule has 0 aromatic heterocycles. The molecule has 0 saturated carbocycles. The van der Waals surface area contributed by atoms with Gasteiger partial charge >= 0.3 is 0 Å². The monoisotopic (exact) mass is 291 g/mol. The third-order valence-corrected chi connectivity index (χ3v) is 3.67. The van der Waals surface area contributed by atoms with Crippen LogP contribution >= 0.6 is 0 Å². The zero-order chi connectivity index (χ0) is 15.4. The summed E-state index contributed by atoms with van der Waals surface area (Å²) in [7, 11) is 0. The van der Waals surface area contributed by atoms with Gasteiger partial charge in [0.2, 0.25) is 5.91 Å². The highest BCUT2D eigenvalue weighted by Crippen LogP contribution is 2.25. The summed E-state index contributed by atoms with van der Waals surface area (Å²) >= 11 is 0. The van der Waals surface area contributed by atoms with Crippen LogP contribution in [0.1, 0.15) is 25.0 Å². The Hall–Kier alpha value is -1.59. The Balaban J connectivity index is 2.24. The summed E-state index contributed by atoms with van der Waals surface area (Å²) in [6.07, 6.45) is 0. The number of benzene rings is 1. The smallest absolute Gasteiger partial charge is 0.245 e.